The fraction of sp³-hybridized carbons (Fsp3) is 0.800. The number of hydrogen-bond donors (Lipinski definition) is 1. The molecule has 0 aliphatic heterocycles. The van der Waals surface area contributed by atoms with Gasteiger partial charge in [0, 0.05) is 32.5 Å². The number of aromatic nitrogens is 2. The molecule has 1 heterocycles. The molecule has 0 amide bonds. The van der Waals surface area contributed by atoms with E-state index in [-0.39, 0.29) is 0 Å². The van der Waals surface area contributed by atoms with Gasteiger partial charge in [0.05, 0.1) is 5.69 Å². The highest BCUT2D eigenvalue weighted by molar-refractivity contribution is 5.28. The van der Waals surface area contributed by atoms with Crippen LogP contribution in [0.3, 0.4) is 0 Å². The summed E-state index contributed by atoms with van der Waals surface area (Å²) in [4.78, 5) is 6.76. The van der Waals surface area contributed by atoms with Gasteiger partial charge in [-0.25, -0.2) is 4.98 Å². The number of nitrogens with one attached hydrogen (secondary N) is 1. The van der Waals surface area contributed by atoms with Crippen molar-refractivity contribution < 1.29 is 4.74 Å². The van der Waals surface area contributed by atoms with Crippen molar-refractivity contribution in [3.8, 4) is 0 Å². The first-order chi connectivity index (χ1) is 9.63. The van der Waals surface area contributed by atoms with E-state index in [0.29, 0.717) is 0 Å². The molecule has 0 radical (unpaired) electrons. The first-order valence-corrected chi connectivity index (χ1v) is 7.63. The molecule has 0 unspecified atom stereocenters. The van der Waals surface area contributed by atoms with Crippen LogP contribution in [0, 0.1) is 6.92 Å². The van der Waals surface area contributed by atoms with Crippen LogP contribution in [0.4, 0.5) is 5.95 Å². The van der Waals surface area contributed by atoms with Crippen LogP contribution in [0.1, 0.15) is 31.9 Å². The smallest absolute Gasteiger partial charge is 0.203 e. The van der Waals surface area contributed by atoms with Crippen molar-refractivity contribution in [1.29, 1.82) is 0 Å². The topological polar surface area (TPSA) is 42.3 Å². The van der Waals surface area contributed by atoms with E-state index in [2.05, 4.69) is 40.1 Å². The van der Waals surface area contributed by atoms with Crippen LogP contribution >= 0.6 is 0 Å². The van der Waals surface area contributed by atoms with E-state index in [1.54, 1.807) is 0 Å². The molecule has 0 saturated heterocycles. The summed E-state index contributed by atoms with van der Waals surface area (Å²) in [7, 11) is 4.23. The fourth-order valence-corrected chi connectivity index (χ4v) is 2.09. The quantitative estimate of drug-likeness (QED) is 0.633. The third-order valence-corrected chi connectivity index (χ3v) is 3.10. The number of nitrogens with zero attached hydrogens (tertiary/aromatic N) is 3. The number of hydrogen-bond acceptors (Lipinski definition) is 4. The number of unbranched alkanes of at least 4 members (excludes halogenated alkanes) is 1. The average Bonchev–Trinajstić information content (AvgIpc) is 2.74. The van der Waals surface area contributed by atoms with Crippen LogP contribution in [0.2, 0.25) is 0 Å². The van der Waals surface area contributed by atoms with E-state index in [4.69, 9.17) is 4.74 Å². The Kier molecular flexibility index (Phi) is 8.30. The molecule has 5 nitrogen and oxygen atoms in total. The molecular formula is C15H30N4O. The maximum absolute atomic E-state index is 5.38. The van der Waals surface area contributed by atoms with E-state index in [1.807, 2.05) is 13.8 Å². The van der Waals surface area contributed by atoms with E-state index in [0.717, 1.165) is 50.9 Å². The highest BCUT2D eigenvalue weighted by Gasteiger charge is 2.04. The monoisotopic (exact) mass is 282 g/mol. The minimum absolute atomic E-state index is 0.792. The predicted octanol–water partition coefficient (Wildman–Crippen LogP) is 2.37. The summed E-state index contributed by atoms with van der Waals surface area (Å²) < 4.78 is 7.57. The molecule has 0 spiro atoms. The van der Waals surface area contributed by atoms with E-state index in [9.17, 15) is 0 Å². The van der Waals surface area contributed by atoms with E-state index >= 15 is 0 Å². The molecule has 0 aliphatic carbocycles. The van der Waals surface area contributed by atoms with E-state index < -0.39 is 0 Å². The fourth-order valence-electron chi connectivity index (χ4n) is 2.09. The summed E-state index contributed by atoms with van der Waals surface area (Å²) >= 11 is 0. The number of aryl methyl sites for hydroxylation is 2. The second-order valence-corrected chi connectivity index (χ2v) is 5.39. The summed E-state index contributed by atoms with van der Waals surface area (Å²) in [5.74, 6) is 0.990. The molecule has 1 N–H and O–H groups in total. The minimum atomic E-state index is 0.792. The van der Waals surface area contributed by atoms with Crippen molar-refractivity contribution in [3.63, 3.8) is 0 Å². The van der Waals surface area contributed by atoms with Crippen molar-refractivity contribution in [2.75, 3.05) is 45.7 Å². The Hall–Kier alpha value is -1.07. The zero-order chi connectivity index (χ0) is 14.8. The summed E-state index contributed by atoms with van der Waals surface area (Å²) in [6, 6.07) is 0. The second-order valence-electron chi connectivity index (χ2n) is 5.39. The van der Waals surface area contributed by atoms with Crippen LogP contribution in [0.15, 0.2) is 6.20 Å². The zero-order valence-corrected chi connectivity index (χ0v) is 13.5. The van der Waals surface area contributed by atoms with Crippen LogP contribution in [0.25, 0.3) is 0 Å². The Morgan fingerprint density at radius 3 is 2.80 bits per heavy atom. The summed E-state index contributed by atoms with van der Waals surface area (Å²) in [6.45, 7) is 8.76. The first-order valence-electron chi connectivity index (χ1n) is 7.63. The number of rotatable bonds is 11. The van der Waals surface area contributed by atoms with Gasteiger partial charge in [0.2, 0.25) is 5.95 Å². The van der Waals surface area contributed by atoms with Gasteiger partial charge < -0.3 is 19.5 Å². The SMILES string of the molecule is CCOCCCn1cc(C)nc1NCCCCN(C)C. The van der Waals surface area contributed by atoms with Crippen molar-refractivity contribution in [2.45, 2.75) is 39.7 Å². The minimum Gasteiger partial charge on any atom is -0.382 e. The molecular weight excluding hydrogens is 252 g/mol. The van der Waals surface area contributed by atoms with Gasteiger partial charge in [0.15, 0.2) is 0 Å². The van der Waals surface area contributed by atoms with Gasteiger partial charge in [-0.2, -0.15) is 0 Å². The lowest BCUT2D eigenvalue weighted by molar-refractivity contribution is 0.142. The standard InChI is InChI=1S/C15H30N4O/c1-5-20-12-8-11-19-13-14(2)17-15(19)16-9-6-7-10-18(3)4/h13H,5-12H2,1-4H3,(H,16,17). The predicted molar refractivity (Wildman–Crippen MR) is 84.4 cm³/mol. The molecule has 20 heavy (non-hydrogen) atoms. The third-order valence-electron chi connectivity index (χ3n) is 3.10. The molecule has 1 rings (SSSR count). The van der Waals surface area contributed by atoms with Gasteiger partial charge in [-0.3, -0.25) is 0 Å². The Labute approximate surface area is 123 Å². The summed E-state index contributed by atoms with van der Waals surface area (Å²) in [5.41, 5.74) is 1.07. The molecule has 0 saturated carbocycles. The molecule has 0 fully saturated rings. The van der Waals surface area contributed by atoms with Crippen LogP contribution in [0.5, 0.6) is 0 Å². The lowest BCUT2D eigenvalue weighted by atomic mass is 10.3. The molecule has 1 aromatic rings. The van der Waals surface area contributed by atoms with Crippen LogP contribution in [-0.2, 0) is 11.3 Å². The Morgan fingerprint density at radius 1 is 1.30 bits per heavy atom. The first kappa shape index (κ1) is 17.0. The highest BCUT2D eigenvalue weighted by atomic mass is 16.5. The number of anilines is 1. The van der Waals surface area contributed by atoms with Gasteiger partial charge in [0.1, 0.15) is 0 Å². The summed E-state index contributed by atoms with van der Waals surface area (Å²) in [6.07, 6.45) is 5.51. The van der Waals surface area contributed by atoms with Crippen molar-refractivity contribution in [1.82, 2.24) is 14.5 Å². The van der Waals surface area contributed by atoms with Gasteiger partial charge in [0.25, 0.3) is 0 Å². The van der Waals surface area contributed by atoms with Crippen molar-refractivity contribution in [2.24, 2.45) is 0 Å². The molecule has 116 valence electrons. The Bertz CT molecular complexity index is 363. The van der Waals surface area contributed by atoms with Crippen LogP contribution in [-0.4, -0.2) is 54.8 Å². The lowest BCUT2D eigenvalue weighted by Gasteiger charge is -2.11. The molecule has 0 atom stereocenters. The van der Waals surface area contributed by atoms with Gasteiger partial charge in [-0.15, -0.1) is 0 Å². The molecule has 0 bridgehead atoms. The Balaban J connectivity index is 2.29. The third kappa shape index (κ3) is 6.91. The largest absolute Gasteiger partial charge is 0.382 e. The molecule has 0 aromatic carbocycles. The van der Waals surface area contributed by atoms with Gasteiger partial charge in [-0.05, 0) is 53.8 Å². The van der Waals surface area contributed by atoms with Gasteiger partial charge in [-0.1, -0.05) is 0 Å². The zero-order valence-electron chi connectivity index (χ0n) is 13.5. The number of ether oxygens (including phenoxy) is 1. The molecule has 0 aliphatic rings. The Morgan fingerprint density at radius 2 is 2.10 bits per heavy atom. The van der Waals surface area contributed by atoms with Gasteiger partial charge >= 0.3 is 0 Å². The molecule has 1 aromatic heterocycles. The van der Waals surface area contributed by atoms with Crippen molar-refractivity contribution >= 4 is 5.95 Å². The summed E-state index contributed by atoms with van der Waals surface area (Å²) in [5, 5.41) is 3.44. The number of imidazole rings is 1. The lowest BCUT2D eigenvalue weighted by Crippen LogP contribution is -2.15. The van der Waals surface area contributed by atoms with Crippen molar-refractivity contribution in [3.05, 3.63) is 11.9 Å². The molecule has 5 heteroatoms. The van der Waals surface area contributed by atoms with E-state index in [1.165, 1.54) is 12.8 Å². The maximum atomic E-state index is 5.38. The second kappa shape index (κ2) is 9.77. The maximum Gasteiger partial charge on any atom is 0.203 e. The normalized spacial score (nSPS) is 11.2. The average molecular weight is 282 g/mol. The van der Waals surface area contributed by atoms with Crippen LogP contribution < -0.4 is 5.32 Å². The highest BCUT2D eigenvalue weighted by Crippen LogP contribution is 2.09.